The molecule has 9 heavy (non-hydrogen) atoms. The summed E-state index contributed by atoms with van der Waals surface area (Å²) in [6.07, 6.45) is 0. The van der Waals surface area contributed by atoms with Crippen LogP contribution in [0.4, 0.5) is 0 Å². The van der Waals surface area contributed by atoms with E-state index in [0.29, 0.717) is 0 Å². The van der Waals surface area contributed by atoms with Crippen molar-refractivity contribution in [1.29, 1.82) is 0 Å². The molecule has 1 nitrogen and oxygen atoms in total. The fourth-order valence-corrected chi connectivity index (χ4v) is 1.16. The molecule has 3 heteroatoms. The molecule has 1 unspecified atom stereocenters. The van der Waals surface area contributed by atoms with Crippen LogP contribution in [0.15, 0.2) is 28.7 Å². The molecule has 48 valence electrons. The van der Waals surface area contributed by atoms with Gasteiger partial charge in [-0.2, -0.15) is 0 Å². The molecule has 0 amide bonds. The summed E-state index contributed by atoms with van der Waals surface area (Å²) in [5, 5.41) is 0.915. The van der Waals surface area contributed by atoms with E-state index in [1.165, 1.54) is 0 Å². The second-order valence-corrected chi connectivity index (χ2v) is 3.49. The van der Waals surface area contributed by atoms with E-state index in [4.69, 9.17) is 0 Å². The Hall–Kier alpha value is -0.0700. The van der Waals surface area contributed by atoms with Crippen LogP contribution in [0.3, 0.4) is 0 Å². The average molecular weight is 205 g/mol. The zero-order chi connectivity index (χ0) is 6.69. The highest BCUT2D eigenvalue weighted by atomic mass is 79.9. The van der Waals surface area contributed by atoms with Gasteiger partial charge in [0.05, 0.1) is 8.46 Å². The van der Waals surface area contributed by atoms with Crippen LogP contribution < -0.4 is 5.30 Å². The SMILES string of the molecule is O=[PH2]c1ccc(Br)cc1. The second-order valence-electron chi connectivity index (χ2n) is 1.67. The van der Waals surface area contributed by atoms with Gasteiger partial charge in [0.25, 0.3) is 0 Å². The first-order valence-electron chi connectivity index (χ1n) is 2.53. The lowest BCUT2D eigenvalue weighted by atomic mass is 10.4. The maximum atomic E-state index is 10.3. The van der Waals surface area contributed by atoms with Crippen LogP contribution in [0.1, 0.15) is 0 Å². The van der Waals surface area contributed by atoms with E-state index in [1.54, 1.807) is 0 Å². The largest absolute Gasteiger partial charge is 0.325 e. The van der Waals surface area contributed by atoms with Crippen molar-refractivity contribution in [1.82, 2.24) is 0 Å². The van der Waals surface area contributed by atoms with Gasteiger partial charge in [0, 0.05) is 9.78 Å². The van der Waals surface area contributed by atoms with Crippen LogP contribution in [0.2, 0.25) is 0 Å². The quantitative estimate of drug-likeness (QED) is 0.639. The molecule has 1 aromatic carbocycles. The molecular formula is C6H6BrOP. The first kappa shape index (κ1) is 7.04. The summed E-state index contributed by atoms with van der Waals surface area (Å²) in [5.41, 5.74) is 0. The molecule has 0 spiro atoms. The van der Waals surface area contributed by atoms with Crippen molar-refractivity contribution in [3.05, 3.63) is 28.7 Å². The molecule has 0 aliphatic carbocycles. The van der Waals surface area contributed by atoms with Crippen molar-refractivity contribution in [3.8, 4) is 0 Å². The molecule has 0 aliphatic rings. The monoisotopic (exact) mass is 204 g/mol. The van der Waals surface area contributed by atoms with Gasteiger partial charge in [0.2, 0.25) is 0 Å². The lowest BCUT2D eigenvalue weighted by Gasteiger charge is -1.88. The molecule has 1 aromatic rings. The van der Waals surface area contributed by atoms with E-state index in [9.17, 15) is 4.57 Å². The highest BCUT2D eigenvalue weighted by Gasteiger charge is 1.85. The Morgan fingerprint density at radius 2 is 1.78 bits per heavy atom. The normalized spacial score (nSPS) is 10.8. The molecule has 0 aromatic heterocycles. The lowest BCUT2D eigenvalue weighted by Crippen LogP contribution is -1.86. The van der Waals surface area contributed by atoms with Gasteiger partial charge in [-0.3, -0.25) is 0 Å². The van der Waals surface area contributed by atoms with Crippen molar-refractivity contribution in [2.24, 2.45) is 0 Å². The smallest absolute Gasteiger partial charge is 0.0921 e. The molecular weight excluding hydrogens is 199 g/mol. The van der Waals surface area contributed by atoms with E-state index >= 15 is 0 Å². The fraction of sp³-hybridized carbons (Fsp3) is 0. The van der Waals surface area contributed by atoms with Crippen LogP contribution >= 0.6 is 24.4 Å². The van der Waals surface area contributed by atoms with Gasteiger partial charge in [-0.1, -0.05) is 28.1 Å². The van der Waals surface area contributed by atoms with Crippen molar-refractivity contribution >= 4 is 29.7 Å². The van der Waals surface area contributed by atoms with E-state index in [0.717, 1.165) is 9.78 Å². The molecule has 0 heterocycles. The molecule has 0 fully saturated rings. The summed E-state index contributed by atoms with van der Waals surface area (Å²) in [7, 11) is -0.770. The number of hydrogen-bond donors (Lipinski definition) is 0. The fourth-order valence-electron chi connectivity index (χ4n) is 0.541. The third-order valence-corrected chi connectivity index (χ3v) is 2.19. The van der Waals surface area contributed by atoms with E-state index in [1.807, 2.05) is 24.3 Å². The molecule has 0 bridgehead atoms. The average Bonchev–Trinajstić information content (AvgIpc) is 1.90. The van der Waals surface area contributed by atoms with Crippen molar-refractivity contribution in [2.75, 3.05) is 0 Å². The number of benzene rings is 1. The van der Waals surface area contributed by atoms with Gasteiger partial charge >= 0.3 is 0 Å². The summed E-state index contributed by atoms with van der Waals surface area (Å²) >= 11 is 3.28. The Bertz CT molecular complexity index is 207. The third kappa shape index (κ3) is 1.96. The van der Waals surface area contributed by atoms with Gasteiger partial charge in [-0.15, -0.1) is 0 Å². The first-order valence-corrected chi connectivity index (χ1v) is 4.38. The predicted octanol–water partition coefficient (Wildman–Crippen LogP) is 1.83. The topological polar surface area (TPSA) is 17.1 Å². The second kappa shape index (κ2) is 3.19. The van der Waals surface area contributed by atoms with Crippen LogP contribution in [0.5, 0.6) is 0 Å². The highest BCUT2D eigenvalue weighted by molar-refractivity contribution is 9.10. The molecule has 0 radical (unpaired) electrons. The van der Waals surface area contributed by atoms with E-state index < -0.39 is 8.46 Å². The van der Waals surface area contributed by atoms with Gasteiger partial charge in [0.1, 0.15) is 0 Å². The molecule has 1 rings (SSSR count). The van der Waals surface area contributed by atoms with Gasteiger partial charge in [-0.25, -0.2) is 0 Å². The predicted molar refractivity (Wildman–Crippen MR) is 44.2 cm³/mol. The number of rotatable bonds is 1. The highest BCUT2D eigenvalue weighted by Crippen LogP contribution is 2.07. The Labute approximate surface area is 63.4 Å². The minimum atomic E-state index is -0.770. The third-order valence-electron chi connectivity index (χ3n) is 1.01. The maximum Gasteiger partial charge on any atom is 0.0921 e. The Kier molecular flexibility index (Phi) is 2.49. The zero-order valence-electron chi connectivity index (χ0n) is 4.67. The Balaban J connectivity index is 3.01. The molecule has 1 atom stereocenters. The van der Waals surface area contributed by atoms with E-state index in [2.05, 4.69) is 15.9 Å². The van der Waals surface area contributed by atoms with Gasteiger partial charge in [-0.05, 0) is 12.1 Å². The minimum absolute atomic E-state index is 0.770. The first-order chi connectivity index (χ1) is 4.33. The van der Waals surface area contributed by atoms with Gasteiger partial charge < -0.3 is 4.57 Å². The molecule has 0 N–H and O–H groups in total. The van der Waals surface area contributed by atoms with Crippen LogP contribution in [-0.4, -0.2) is 0 Å². The molecule has 0 saturated heterocycles. The van der Waals surface area contributed by atoms with Crippen molar-refractivity contribution in [3.63, 3.8) is 0 Å². The van der Waals surface area contributed by atoms with Crippen molar-refractivity contribution < 1.29 is 4.57 Å². The number of halogens is 1. The molecule has 0 saturated carbocycles. The van der Waals surface area contributed by atoms with Crippen LogP contribution in [0, 0.1) is 0 Å². The standard InChI is InChI=1S/C6H6BrOP/c7-5-1-3-6(9-8)4-2-5/h1-4H,9H2. The molecule has 0 aliphatic heterocycles. The summed E-state index contributed by atoms with van der Waals surface area (Å²) < 4.78 is 11.3. The summed E-state index contributed by atoms with van der Waals surface area (Å²) in [5.74, 6) is 0. The van der Waals surface area contributed by atoms with Gasteiger partial charge in [0.15, 0.2) is 0 Å². The van der Waals surface area contributed by atoms with Crippen molar-refractivity contribution in [2.45, 2.75) is 0 Å². The summed E-state index contributed by atoms with van der Waals surface area (Å²) in [6, 6.07) is 7.49. The van der Waals surface area contributed by atoms with Crippen LogP contribution in [0.25, 0.3) is 0 Å². The zero-order valence-corrected chi connectivity index (χ0v) is 7.41. The Morgan fingerprint density at radius 3 is 2.22 bits per heavy atom. The van der Waals surface area contributed by atoms with Crippen LogP contribution in [-0.2, 0) is 4.57 Å². The minimum Gasteiger partial charge on any atom is -0.325 e. The maximum absolute atomic E-state index is 10.3. The lowest BCUT2D eigenvalue weighted by molar-refractivity contribution is 0.603. The van der Waals surface area contributed by atoms with E-state index in [-0.39, 0.29) is 0 Å². The summed E-state index contributed by atoms with van der Waals surface area (Å²) in [4.78, 5) is 0. The number of hydrogen-bond acceptors (Lipinski definition) is 1. The summed E-state index contributed by atoms with van der Waals surface area (Å²) in [6.45, 7) is 0. The Morgan fingerprint density at radius 1 is 1.22 bits per heavy atom.